The number of benzene rings is 3. The van der Waals surface area contributed by atoms with E-state index >= 15 is 0 Å². The number of anilines is 1. The van der Waals surface area contributed by atoms with Crippen molar-refractivity contribution in [1.29, 1.82) is 5.26 Å². The van der Waals surface area contributed by atoms with Crippen LogP contribution in [0, 0.1) is 11.3 Å². The van der Waals surface area contributed by atoms with Crippen LogP contribution in [0.3, 0.4) is 0 Å². The summed E-state index contributed by atoms with van der Waals surface area (Å²) in [6, 6.07) is 25.4. The molecular weight excluding hydrogens is 412 g/mol. The highest BCUT2D eigenvalue weighted by molar-refractivity contribution is 6.00. The largest absolute Gasteiger partial charge is 0.496 e. The smallest absolute Gasteiger partial charge is 0.268 e. The number of ether oxygens (including phenoxy) is 1. The Balaban J connectivity index is 1.65. The van der Waals surface area contributed by atoms with E-state index in [9.17, 15) is 10.1 Å². The number of hydrogen-bond donors (Lipinski definition) is 1. The van der Waals surface area contributed by atoms with Gasteiger partial charge >= 0.3 is 0 Å². The van der Waals surface area contributed by atoms with Crippen LogP contribution < -0.4 is 15.0 Å². The zero-order chi connectivity index (χ0) is 23.4. The van der Waals surface area contributed by atoms with Crippen LogP contribution in [-0.4, -0.2) is 31.7 Å². The molecule has 1 N–H and O–H groups in total. The second kappa shape index (κ2) is 9.49. The Morgan fingerprint density at radius 3 is 2.48 bits per heavy atom. The topological polar surface area (TPSA) is 70.3 Å². The molecule has 0 aliphatic heterocycles. The molecule has 0 atom stereocenters. The molecule has 1 aromatic heterocycles. The summed E-state index contributed by atoms with van der Waals surface area (Å²) in [7, 11) is 5.62. The molecule has 0 aliphatic rings. The molecular formula is C27H26N4O2. The lowest BCUT2D eigenvalue weighted by molar-refractivity contribution is 0.0942. The lowest BCUT2D eigenvalue weighted by Gasteiger charge is -2.14. The quantitative estimate of drug-likeness (QED) is 0.459. The van der Waals surface area contributed by atoms with Crippen molar-refractivity contribution in [3.63, 3.8) is 0 Å². The SMILES string of the molecule is COc1cccc2c1cc(C(=O)NCc1ccc(N(C)C)cc1)n2Cc1cccc(C#N)c1. The van der Waals surface area contributed by atoms with Crippen LogP contribution in [0.4, 0.5) is 5.69 Å². The average Bonchev–Trinajstić information content (AvgIpc) is 3.21. The average molecular weight is 439 g/mol. The number of aromatic nitrogens is 1. The molecule has 33 heavy (non-hydrogen) atoms. The first-order chi connectivity index (χ1) is 16.0. The fourth-order valence-electron chi connectivity index (χ4n) is 3.90. The van der Waals surface area contributed by atoms with Crippen molar-refractivity contribution in [2.75, 3.05) is 26.1 Å². The van der Waals surface area contributed by atoms with Gasteiger partial charge in [0.15, 0.2) is 0 Å². The Bertz CT molecular complexity index is 1330. The van der Waals surface area contributed by atoms with E-state index in [2.05, 4.69) is 11.4 Å². The Kier molecular flexibility index (Phi) is 6.32. The zero-order valence-corrected chi connectivity index (χ0v) is 19.0. The van der Waals surface area contributed by atoms with E-state index in [4.69, 9.17) is 4.74 Å². The van der Waals surface area contributed by atoms with Crippen molar-refractivity contribution < 1.29 is 9.53 Å². The molecule has 0 unspecified atom stereocenters. The molecule has 4 rings (SSSR count). The summed E-state index contributed by atoms with van der Waals surface area (Å²) < 4.78 is 7.50. The molecule has 0 saturated heterocycles. The van der Waals surface area contributed by atoms with Gasteiger partial charge in [0.1, 0.15) is 11.4 Å². The fraction of sp³-hybridized carbons (Fsp3) is 0.185. The zero-order valence-electron chi connectivity index (χ0n) is 19.0. The number of carbonyl (C=O) groups is 1. The summed E-state index contributed by atoms with van der Waals surface area (Å²) in [5.74, 6) is 0.548. The van der Waals surface area contributed by atoms with Crippen molar-refractivity contribution in [2.24, 2.45) is 0 Å². The number of rotatable bonds is 7. The van der Waals surface area contributed by atoms with Crippen molar-refractivity contribution >= 4 is 22.5 Å². The van der Waals surface area contributed by atoms with Crippen LogP contribution in [0.5, 0.6) is 5.75 Å². The summed E-state index contributed by atoms with van der Waals surface area (Å²) in [5.41, 5.74) is 5.11. The van der Waals surface area contributed by atoms with Gasteiger partial charge in [-0.05, 0) is 53.6 Å². The standard InChI is InChI=1S/C27H26N4O2/c1-30(2)22-12-10-19(11-13-22)17-29-27(32)25-15-23-24(8-5-9-26(23)33-3)31(25)18-21-7-4-6-20(14-21)16-28/h4-15H,17-18H2,1-3H3,(H,29,32). The Hall–Kier alpha value is -4.24. The molecule has 166 valence electrons. The van der Waals surface area contributed by atoms with Crippen LogP contribution >= 0.6 is 0 Å². The lowest BCUT2D eigenvalue weighted by atomic mass is 10.1. The predicted molar refractivity (Wildman–Crippen MR) is 131 cm³/mol. The third-order valence-electron chi connectivity index (χ3n) is 5.66. The van der Waals surface area contributed by atoms with Crippen molar-refractivity contribution in [1.82, 2.24) is 9.88 Å². The lowest BCUT2D eigenvalue weighted by Crippen LogP contribution is -2.25. The highest BCUT2D eigenvalue weighted by atomic mass is 16.5. The molecule has 0 fully saturated rings. The Morgan fingerprint density at radius 2 is 1.79 bits per heavy atom. The molecule has 0 saturated carbocycles. The Labute approximate surface area is 193 Å². The monoisotopic (exact) mass is 438 g/mol. The maximum Gasteiger partial charge on any atom is 0.268 e. The molecule has 6 heteroatoms. The van der Waals surface area contributed by atoms with Crippen molar-refractivity contribution in [3.8, 4) is 11.8 Å². The number of hydrogen-bond acceptors (Lipinski definition) is 4. The maximum absolute atomic E-state index is 13.3. The number of carbonyl (C=O) groups excluding carboxylic acids is 1. The first-order valence-electron chi connectivity index (χ1n) is 10.7. The van der Waals surface area contributed by atoms with Gasteiger partial charge in [0.25, 0.3) is 5.91 Å². The van der Waals surface area contributed by atoms with Crippen LogP contribution in [0.25, 0.3) is 10.9 Å². The van der Waals surface area contributed by atoms with Crippen LogP contribution in [0.1, 0.15) is 27.2 Å². The number of methoxy groups -OCH3 is 1. The second-order valence-electron chi connectivity index (χ2n) is 8.06. The highest BCUT2D eigenvalue weighted by Gasteiger charge is 2.18. The molecule has 0 aliphatic carbocycles. The first-order valence-corrected chi connectivity index (χ1v) is 10.7. The van der Waals surface area contributed by atoms with Crippen LogP contribution in [0.2, 0.25) is 0 Å². The van der Waals surface area contributed by atoms with Gasteiger partial charge in [0.2, 0.25) is 0 Å². The summed E-state index contributed by atoms with van der Waals surface area (Å²) in [6.45, 7) is 0.890. The van der Waals surface area contributed by atoms with E-state index in [1.54, 1.807) is 13.2 Å². The normalized spacial score (nSPS) is 10.6. The van der Waals surface area contributed by atoms with Gasteiger partial charge in [-0.25, -0.2) is 0 Å². The van der Waals surface area contributed by atoms with Gasteiger partial charge in [0.05, 0.1) is 24.3 Å². The molecule has 3 aromatic carbocycles. The molecule has 1 amide bonds. The van der Waals surface area contributed by atoms with Gasteiger partial charge in [-0.2, -0.15) is 5.26 Å². The maximum atomic E-state index is 13.3. The van der Waals surface area contributed by atoms with E-state index in [0.29, 0.717) is 30.1 Å². The van der Waals surface area contributed by atoms with E-state index in [-0.39, 0.29) is 5.91 Å². The Morgan fingerprint density at radius 1 is 1.03 bits per heavy atom. The predicted octanol–water partition coefficient (Wildman–Crippen LogP) is 4.57. The summed E-state index contributed by atoms with van der Waals surface area (Å²) >= 11 is 0. The van der Waals surface area contributed by atoms with Crippen molar-refractivity contribution in [3.05, 3.63) is 95.2 Å². The summed E-state index contributed by atoms with van der Waals surface area (Å²) in [5, 5.41) is 13.2. The van der Waals surface area contributed by atoms with Gasteiger partial charge < -0.3 is 19.5 Å². The number of nitriles is 1. The molecule has 0 bridgehead atoms. The van der Waals surface area contributed by atoms with Crippen LogP contribution in [0.15, 0.2) is 72.8 Å². The number of nitrogens with zero attached hydrogens (tertiary/aromatic N) is 3. The summed E-state index contributed by atoms with van der Waals surface area (Å²) in [6.07, 6.45) is 0. The van der Waals surface area contributed by atoms with E-state index in [1.165, 1.54) is 0 Å². The second-order valence-corrected chi connectivity index (χ2v) is 8.06. The highest BCUT2D eigenvalue weighted by Crippen LogP contribution is 2.29. The third kappa shape index (κ3) is 4.68. The molecule has 4 aromatic rings. The summed E-state index contributed by atoms with van der Waals surface area (Å²) in [4.78, 5) is 15.3. The minimum absolute atomic E-state index is 0.165. The van der Waals surface area contributed by atoms with E-state index < -0.39 is 0 Å². The number of amides is 1. The molecule has 0 spiro atoms. The van der Waals surface area contributed by atoms with Gasteiger partial charge in [-0.3, -0.25) is 4.79 Å². The number of nitrogens with one attached hydrogen (secondary N) is 1. The molecule has 0 radical (unpaired) electrons. The van der Waals surface area contributed by atoms with Gasteiger partial charge in [-0.1, -0.05) is 30.3 Å². The van der Waals surface area contributed by atoms with Gasteiger partial charge in [-0.15, -0.1) is 0 Å². The first kappa shape index (κ1) is 22.0. The number of fused-ring (bicyclic) bond motifs is 1. The van der Waals surface area contributed by atoms with Gasteiger partial charge in [0, 0.05) is 38.3 Å². The molecule has 6 nitrogen and oxygen atoms in total. The minimum atomic E-state index is -0.165. The van der Waals surface area contributed by atoms with Crippen molar-refractivity contribution in [2.45, 2.75) is 13.1 Å². The fourth-order valence-corrected chi connectivity index (χ4v) is 3.90. The van der Waals surface area contributed by atoms with E-state index in [1.807, 2.05) is 90.3 Å². The van der Waals surface area contributed by atoms with E-state index in [0.717, 1.165) is 27.7 Å². The minimum Gasteiger partial charge on any atom is -0.496 e. The van der Waals surface area contributed by atoms with Crippen LogP contribution in [-0.2, 0) is 13.1 Å². The third-order valence-corrected chi connectivity index (χ3v) is 5.66. The molecule has 1 heterocycles.